The molecule has 0 radical (unpaired) electrons. The molecule has 21 heavy (non-hydrogen) atoms. The number of hydrogen-bond acceptors (Lipinski definition) is 6. The molecule has 0 bridgehead atoms. The van der Waals surface area contributed by atoms with Crippen LogP contribution in [0.5, 0.6) is 0 Å². The highest BCUT2D eigenvalue weighted by Crippen LogP contribution is 2.22. The van der Waals surface area contributed by atoms with Gasteiger partial charge in [0, 0.05) is 18.9 Å². The van der Waals surface area contributed by atoms with Gasteiger partial charge in [0.1, 0.15) is 11.7 Å². The SMILES string of the molecule is CC(=O)SCC(O)C(O)c1cccn1C(=O)OC(C)(C)C. The summed E-state index contributed by atoms with van der Waals surface area (Å²) in [5.41, 5.74) is -0.437. The standard InChI is InChI=1S/C14H21NO5S/c1-9(16)21-8-11(17)12(18)10-6-5-7-15(10)13(19)20-14(2,3)4/h5-7,11-12,17-18H,8H2,1-4H3. The lowest BCUT2D eigenvalue weighted by atomic mass is 10.1. The van der Waals surface area contributed by atoms with E-state index in [-0.39, 0.29) is 16.6 Å². The third kappa shape index (κ3) is 5.53. The van der Waals surface area contributed by atoms with E-state index in [1.807, 2.05) is 0 Å². The van der Waals surface area contributed by atoms with Crippen LogP contribution in [-0.2, 0) is 9.53 Å². The molecule has 1 aromatic heterocycles. The van der Waals surface area contributed by atoms with Crippen molar-refractivity contribution in [1.82, 2.24) is 4.57 Å². The molecule has 0 saturated heterocycles. The minimum Gasteiger partial charge on any atom is -0.443 e. The van der Waals surface area contributed by atoms with Crippen molar-refractivity contribution in [3.8, 4) is 0 Å². The Bertz CT molecular complexity index is 506. The molecule has 1 rings (SSSR count). The number of hydrogen-bond donors (Lipinski definition) is 2. The Hall–Kier alpha value is -1.31. The van der Waals surface area contributed by atoms with Gasteiger partial charge in [-0.1, -0.05) is 11.8 Å². The van der Waals surface area contributed by atoms with Gasteiger partial charge in [0.25, 0.3) is 0 Å². The van der Waals surface area contributed by atoms with Crippen LogP contribution in [0.25, 0.3) is 0 Å². The van der Waals surface area contributed by atoms with Gasteiger partial charge in [0.15, 0.2) is 5.12 Å². The highest BCUT2D eigenvalue weighted by molar-refractivity contribution is 8.13. The summed E-state index contributed by atoms with van der Waals surface area (Å²) in [7, 11) is 0. The zero-order valence-corrected chi connectivity index (χ0v) is 13.4. The fourth-order valence-electron chi connectivity index (χ4n) is 1.60. The maximum atomic E-state index is 12.0. The first-order valence-corrected chi connectivity index (χ1v) is 7.50. The summed E-state index contributed by atoms with van der Waals surface area (Å²) >= 11 is 0.915. The van der Waals surface area contributed by atoms with E-state index in [2.05, 4.69) is 0 Å². The summed E-state index contributed by atoms with van der Waals surface area (Å²) in [5, 5.41) is 19.9. The number of carbonyl (C=O) groups is 2. The summed E-state index contributed by atoms with van der Waals surface area (Å²) < 4.78 is 6.37. The molecule has 0 fully saturated rings. The highest BCUT2D eigenvalue weighted by Gasteiger charge is 2.26. The third-order valence-corrected chi connectivity index (χ3v) is 3.41. The zero-order chi connectivity index (χ0) is 16.2. The van der Waals surface area contributed by atoms with E-state index in [0.29, 0.717) is 0 Å². The van der Waals surface area contributed by atoms with Gasteiger partial charge in [-0.25, -0.2) is 4.79 Å². The Balaban J connectivity index is 2.82. The lowest BCUT2D eigenvalue weighted by molar-refractivity contribution is -0.109. The highest BCUT2D eigenvalue weighted by atomic mass is 32.2. The monoisotopic (exact) mass is 315 g/mol. The number of nitrogens with zero attached hydrogens (tertiary/aromatic N) is 1. The topological polar surface area (TPSA) is 88.8 Å². The van der Waals surface area contributed by atoms with Crippen LogP contribution in [0.3, 0.4) is 0 Å². The molecule has 0 saturated carbocycles. The van der Waals surface area contributed by atoms with Gasteiger partial charge in [-0.2, -0.15) is 0 Å². The van der Waals surface area contributed by atoms with Crippen molar-refractivity contribution in [2.24, 2.45) is 0 Å². The van der Waals surface area contributed by atoms with E-state index in [9.17, 15) is 19.8 Å². The van der Waals surface area contributed by atoms with E-state index in [1.54, 1.807) is 26.8 Å². The maximum Gasteiger partial charge on any atom is 0.418 e. The van der Waals surface area contributed by atoms with Crippen LogP contribution in [0.15, 0.2) is 18.3 Å². The maximum absolute atomic E-state index is 12.0. The van der Waals surface area contributed by atoms with Crippen LogP contribution >= 0.6 is 11.8 Å². The van der Waals surface area contributed by atoms with E-state index < -0.39 is 23.9 Å². The largest absolute Gasteiger partial charge is 0.443 e. The van der Waals surface area contributed by atoms with Gasteiger partial charge in [0.2, 0.25) is 0 Å². The predicted molar refractivity (Wildman–Crippen MR) is 80.2 cm³/mol. The number of aliphatic hydroxyl groups is 2. The summed E-state index contributed by atoms with van der Waals surface area (Å²) in [6.45, 7) is 6.60. The van der Waals surface area contributed by atoms with Crippen LogP contribution in [0.2, 0.25) is 0 Å². The Morgan fingerprint density at radius 1 is 1.38 bits per heavy atom. The first-order chi connectivity index (χ1) is 9.61. The normalized spacial score (nSPS) is 14.6. The van der Waals surface area contributed by atoms with Crippen LogP contribution < -0.4 is 0 Å². The van der Waals surface area contributed by atoms with Gasteiger partial charge in [0.05, 0.1) is 11.8 Å². The van der Waals surface area contributed by atoms with Crippen LogP contribution in [-0.4, -0.2) is 43.4 Å². The third-order valence-electron chi connectivity index (χ3n) is 2.50. The van der Waals surface area contributed by atoms with Crippen molar-refractivity contribution in [3.05, 3.63) is 24.0 Å². The Kier molecular flexibility index (Phi) is 6.00. The molecule has 0 aromatic carbocycles. The number of ether oxygens (including phenoxy) is 1. The summed E-state index contributed by atoms with van der Waals surface area (Å²) in [4.78, 5) is 22.9. The second-order valence-electron chi connectivity index (χ2n) is 5.60. The van der Waals surface area contributed by atoms with Crippen LogP contribution in [0.1, 0.15) is 39.5 Å². The summed E-state index contributed by atoms with van der Waals surface area (Å²) in [6, 6.07) is 3.10. The van der Waals surface area contributed by atoms with Crippen LogP contribution in [0, 0.1) is 0 Å². The lowest BCUT2D eigenvalue weighted by Gasteiger charge is -2.22. The smallest absolute Gasteiger partial charge is 0.418 e. The second kappa shape index (κ2) is 7.11. The lowest BCUT2D eigenvalue weighted by Crippen LogP contribution is -2.30. The Morgan fingerprint density at radius 3 is 2.52 bits per heavy atom. The average Bonchev–Trinajstić information content (AvgIpc) is 2.81. The number of aliphatic hydroxyl groups excluding tert-OH is 2. The first-order valence-electron chi connectivity index (χ1n) is 6.52. The molecule has 7 heteroatoms. The fourth-order valence-corrected chi connectivity index (χ4v) is 2.19. The fraction of sp³-hybridized carbons (Fsp3) is 0.571. The van der Waals surface area contributed by atoms with Crippen LogP contribution in [0.4, 0.5) is 4.79 Å². The molecule has 2 atom stereocenters. The molecule has 6 nitrogen and oxygen atoms in total. The molecule has 1 aromatic rings. The molecule has 1 heterocycles. The van der Waals surface area contributed by atoms with Gasteiger partial charge in [-0.3, -0.25) is 9.36 Å². The van der Waals surface area contributed by atoms with Gasteiger partial charge >= 0.3 is 6.09 Å². The molecule has 0 aliphatic heterocycles. The van der Waals surface area contributed by atoms with Gasteiger partial charge in [-0.15, -0.1) is 0 Å². The van der Waals surface area contributed by atoms with Gasteiger partial charge < -0.3 is 14.9 Å². The average molecular weight is 315 g/mol. The Labute approximate surface area is 128 Å². The minimum absolute atomic E-state index is 0.0516. The van der Waals surface area contributed by atoms with Crippen molar-refractivity contribution in [1.29, 1.82) is 0 Å². The molecule has 2 unspecified atom stereocenters. The zero-order valence-electron chi connectivity index (χ0n) is 12.6. The first kappa shape index (κ1) is 17.7. The van der Waals surface area contributed by atoms with E-state index in [4.69, 9.17) is 4.74 Å². The van der Waals surface area contributed by atoms with Gasteiger partial charge in [-0.05, 0) is 32.9 Å². The van der Waals surface area contributed by atoms with Crippen molar-refractivity contribution < 1.29 is 24.5 Å². The van der Waals surface area contributed by atoms with Crippen molar-refractivity contribution >= 4 is 23.0 Å². The Morgan fingerprint density at radius 2 is 2.00 bits per heavy atom. The van der Waals surface area contributed by atoms with E-state index in [0.717, 1.165) is 16.3 Å². The molecular formula is C14H21NO5S. The quantitative estimate of drug-likeness (QED) is 0.883. The number of aromatic nitrogens is 1. The second-order valence-corrected chi connectivity index (χ2v) is 6.80. The number of thioether (sulfide) groups is 1. The number of carbonyl (C=O) groups excluding carboxylic acids is 2. The molecule has 2 N–H and O–H groups in total. The minimum atomic E-state index is -1.28. The summed E-state index contributed by atoms with van der Waals surface area (Å²) in [6.07, 6.45) is -1.61. The molecule has 0 aliphatic carbocycles. The van der Waals surface area contributed by atoms with Crippen molar-refractivity contribution in [2.45, 2.75) is 45.5 Å². The number of rotatable bonds is 4. The predicted octanol–water partition coefficient (Wildman–Crippen LogP) is 1.95. The molecule has 0 aliphatic rings. The molecule has 118 valence electrons. The molecule has 0 spiro atoms. The molecule has 0 amide bonds. The van der Waals surface area contributed by atoms with Crippen molar-refractivity contribution in [3.63, 3.8) is 0 Å². The van der Waals surface area contributed by atoms with E-state index in [1.165, 1.54) is 19.2 Å². The summed E-state index contributed by atoms with van der Waals surface area (Å²) in [5.74, 6) is 0.0516. The molecular weight excluding hydrogens is 294 g/mol. The van der Waals surface area contributed by atoms with Crippen molar-refractivity contribution in [2.75, 3.05) is 5.75 Å². The van der Waals surface area contributed by atoms with E-state index >= 15 is 0 Å².